The Morgan fingerprint density at radius 2 is 2.09 bits per heavy atom. The zero-order chi connectivity index (χ0) is 17.0. The van der Waals surface area contributed by atoms with Gasteiger partial charge in [0.15, 0.2) is 0 Å². The van der Waals surface area contributed by atoms with E-state index in [9.17, 15) is 14.7 Å². The van der Waals surface area contributed by atoms with Crippen LogP contribution in [0.25, 0.3) is 0 Å². The molecular weight excluding hydrogens is 292 g/mol. The molecule has 126 valence electrons. The van der Waals surface area contributed by atoms with Crippen molar-refractivity contribution in [2.45, 2.75) is 52.2 Å². The number of anilines is 1. The first-order valence-electron chi connectivity index (χ1n) is 8.26. The van der Waals surface area contributed by atoms with Crippen LogP contribution in [0.2, 0.25) is 0 Å². The molecule has 1 aromatic carbocycles. The number of aliphatic hydroxyl groups excluding tert-OH is 1. The lowest BCUT2D eigenvalue weighted by Gasteiger charge is -2.20. The number of carbonyl (C=O) groups excluding carboxylic acids is 2. The Morgan fingerprint density at radius 3 is 2.70 bits per heavy atom. The first-order valence-corrected chi connectivity index (χ1v) is 8.26. The van der Waals surface area contributed by atoms with Crippen LogP contribution in [0.3, 0.4) is 0 Å². The van der Waals surface area contributed by atoms with Crippen LogP contribution in [-0.2, 0) is 9.59 Å². The molecule has 1 aliphatic heterocycles. The first kappa shape index (κ1) is 17.5. The molecule has 0 radical (unpaired) electrons. The van der Waals surface area contributed by atoms with Crippen molar-refractivity contribution in [2.75, 3.05) is 11.4 Å². The molecule has 5 heteroatoms. The molecule has 2 amide bonds. The molecule has 2 atom stereocenters. The molecular formula is C18H26N2O3. The highest BCUT2D eigenvalue weighted by molar-refractivity contribution is 5.95. The number of carbonyl (C=O) groups is 2. The van der Waals surface area contributed by atoms with E-state index in [0.717, 1.165) is 24.2 Å². The molecule has 2 rings (SSSR count). The highest BCUT2D eigenvalue weighted by atomic mass is 16.3. The minimum Gasteiger partial charge on any atom is -0.392 e. The summed E-state index contributed by atoms with van der Waals surface area (Å²) in [5.41, 5.74) is 1.84. The van der Waals surface area contributed by atoms with Crippen molar-refractivity contribution < 1.29 is 14.7 Å². The van der Waals surface area contributed by atoms with Crippen molar-refractivity contribution >= 4 is 17.5 Å². The molecule has 0 aliphatic carbocycles. The Balaban J connectivity index is 2.01. The summed E-state index contributed by atoms with van der Waals surface area (Å²) in [7, 11) is 0. The zero-order valence-corrected chi connectivity index (χ0v) is 14.1. The van der Waals surface area contributed by atoms with Crippen molar-refractivity contribution in [3.8, 4) is 0 Å². The number of rotatable bonds is 6. The maximum atomic E-state index is 12.0. The fraction of sp³-hybridized carbons (Fsp3) is 0.556. The lowest BCUT2D eigenvalue weighted by molar-refractivity contribution is -0.124. The first-order chi connectivity index (χ1) is 10.9. The van der Waals surface area contributed by atoms with Gasteiger partial charge >= 0.3 is 0 Å². The van der Waals surface area contributed by atoms with E-state index < -0.39 is 6.10 Å². The molecule has 1 aliphatic rings. The normalized spacial score (nSPS) is 17.4. The highest BCUT2D eigenvalue weighted by Gasteiger charge is 2.22. The molecule has 2 N–H and O–H groups in total. The summed E-state index contributed by atoms with van der Waals surface area (Å²) in [5, 5.41) is 12.7. The molecule has 0 saturated carbocycles. The Kier molecular flexibility index (Phi) is 5.77. The van der Waals surface area contributed by atoms with Gasteiger partial charge in [0, 0.05) is 18.7 Å². The SMILES string of the molecule is CC(NC(=O)CC(O)C(C)C)c1cccc(N2CCCC2=O)c1. The fourth-order valence-corrected chi connectivity index (χ4v) is 2.69. The Labute approximate surface area is 137 Å². The number of hydrogen-bond acceptors (Lipinski definition) is 3. The molecule has 1 aromatic rings. The predicted molar refractivity (Wildman–Crippen MR) is 90.0 cm³/mol. The van der Waals surface area contributed by atoms with Crippen molar-refractivity contribution in [3.05, 3.63) is 29.8 Å². The molecule has 1 heterocycles. The van der Waals surface area contributed by atoms with Crippen LogP contribution < -0.4 is 10.2 Å². The summed E-state index contributed by atoms with van der Waals surface area (Å²) < 4.78 is 0. The number of aliphatic hydroxyl groups is 1. The van der Waals surface area contributed by atoms with Crippen LogP contribution in [0, 0.1) is 5.92 Å². The third kappa shape index (κ3) is 4.55. The molecule has 2 unspecified atom stereocenters. The van der Waals surface area contributed by atoms with Crippen LogP contribution in [0.5, 0.6) is 0 Å². The Bertz CT molecular complexity index is 571. The molecule has 5 nitrogen and oxygen atoms in total. The third-order valence-electron chi connectivity index (χ3n) is 4.30. The van der Waals surface area contributed by atoms with Gasteiger partial charge in [0.05, 0.1) is 18.6 Å². The molecule has 1 saturated heterocycles. The molecule has 23 heavy (non-hydrogen) atoms. The predicted octanol–water partition coefficient (Wildman–Crippen LogP) is 2.40. The lowest BCUT2D eigenvalue weighted by atomic mass is 10.0. The summed E-state index contributed by atoms with van der Waals surface area (Å²) in [6.45, 7) is 6.43. The van der Waals surface area contributed by atoms with Gasteiger partial charge in [0.1, 0.15) is 0 Å². The third-order valence-corrected chi connectivity index (χ3v) is 4.30. The fourth-order valence-electron chi connectivity index (χ4n) is 2.69. The van der Waals surface area contributed by atoms with Gasteiger partial charge in [-0.05, 0) is 37.0 Å². The van der Waals surface area contributed by atoms with Crippen molar-refractivity contribution in [2.24, 2.45) is 5.92 Å². The van der Waals surface area contributed by atoms with Crippen molar-refractivity contribution in [1.29, 1.82) is 0 Å². The minimum atomic E-state index is -0.629. The van der Waals surface area contributed by atoms with Gasteiger partial charge in [0.25, 0.3) is 0 Å². The smallest absolute Gasteiger partial charge is 0.227 e. The number of nitrogens with one attached hydrogen (secondary N) is 1. The molecule has 0 bridgehead atoms. The van der Waals surface area contributed by atoms with E-state index >= 15 is 0 Å². The average molecular weight is 318 g/mol. The van der Waals surface area contributed by atoms with E-state index in [1.165, 1.54) is 0 Å². The maximum Gasteiger partial charge on any atom is 0.227 e. The second kappa shape index (κ2) is 7.59. The largest absolute Gasteiger partial charge is 0.392 e. The van der Waals surface area contributed by atoms with E-state index in [0.29, 0.717) is 6.42 Å². The summed E-state index contributed by atoms with van der Waals surface area (Å²) in [5.74, 6) is 0.0424. The van der Waals surface area contributed by atoms with E-state index in [2.05, 4.69) is 5.32 Å². The number of amides is 2. The van der Waals surface area contributed by atoms with Gasteiger partial charge in [-0.2, -0.15) is 0 Å². The van der Waals surface area contributed by atoms with Gasteiger partial charge in [0.2, 0.25) is 11.8 Å². The van der Waals surface area contributed by atoms with Gasteiger partial charge in [-0.3, -0.25) is 9.59 Å². The van der Waals surface area contributed by atoms with Crippen LogP contribution in [0.4, 0.5) is 5.69 Å². The average Bonchev–Trinajstić information content (AvgIpc) is 2.93. The van der Waals surface area contributed by atoms with E-state index in [1.807, 2.05) is 45.0 Å². The lowest BCUT2D eigenvalue weighted by Crippen LogP contribution is -2.31. The number of hydrogen-bond donors (Lipinski definition) is 2. The van der Waals surface area contributed by atoms with Crippen molar-refractivity contribution in [1.82, 2.24) is 5.32 Å². The number of benzene rings is 1. The van der Waals surface area contributed by atoms with Gasteiger partial charge in [-0.15, -0.1) is 0 Å². The van der Waals surface area contributed by atoms with Gasteiger partial charge in [-0.25, -0.2) is 0 Å². The zero-order valence-electron chi connectivity index (χ0n) is 14.1. The quantitative estimate of drug-likeness (QED) is 0.846. The van der Waals surface area contributed by atoms with E-state index in [1.54, 1.807) is 4.90 Å². The standard InChI is InChI=1S/C18H26N2O3/c1-12(2)16(21)11-17(22)19-13(3)14-6-4-7-15(10-14)20-9-5-8-18(20)23/h4,6-7,10,12-13,16,21H,5,8-9,11H2,1-3H3,(H,19,22). The molecule has 1 fully saturated rings. The van der Waals surface area contributed by atoms with Crippen LogP contribution in [0.15, 0.2) is 24.3 Å². The van der Waals surface area contributed by atoms with Crippen LogP contribution in [0.1, 0.15) is 51.6 Å². The summed E-state index contributed by atoms with van der Waals surface area (Å²) >= 11 is 0. The monoisotopic (exact) mass is 318 g/mol. The van der Waals surface area contributed by atoms with Gasteiger partial charge in [-0.1, -0.05) is 26.0 Å². The molecule has 0 aromatic heterocycles. The number of nitrogens with zero attached hydrogens (tertiary/aromatic N) is 1. The summed E-state index contributed by atoms with van der Waals surface area (Å²) in [6, 6.07) is 7.55. The van der Waals surface area contributed by atoms with Gasteiger partial charge < -0.3 is 15.3 Å². The second-order valence-corrected chi connectivity index (χ2v) is 6.55. The summed E-state index contributed by atoms with van der Waals surface area (Å²) in [6.07, 6.45) is 0.967. The Morgan fingerprint density at radius 1 is 1.35 bits per heavy atom. The van der Waals surface area contributed by atoms with Crippen LogP contribution >= 0.6 is 0 Å². The van der Waals surface area contributed by atoms with E-state index in [-0.39, 0.29) is 30.2 Å². The minimum absolute atomic E-state index is 0.0561. The maximum absolute atomic E-state index is 12.0. The van der Waals surface area contributed by atoms with Crippen molar-refractivity contribution in [3.63, 3.8) is 0 Å². The highest BCUT2D eigenvalue weighted by Crippen LogP contribution is 2.24. The Hall–Kier alpha value is -1.88. The topological polar surface area (TPSA) is 69.6 Å². The van der Waals surface area contributed by atoms with Crippen LogP contribution in [-0.4, -0.2) is 29.6 Å². The second-order valence-electron chi connectivity index (χ2n) is 6.55. The summed E-state index contributed by atoms with van der Waals surface area (Å²) in [4.78, 5) is 25.6. The molecule has 0 spiro atoms. The van der Waals surface area contributed by atoms with E-state index in [4.69, 9.17) is 0 Å².